The molecule has 7 heteroatoms. The zero-order valence-corrected chi connectivity index (χ0v) is 10.8. The third-order valence-electron chi connectivity index (χ3n) is 2.13. The molecule has 16 heavy (non-hydrogen) atoms. The van der Waals surface area contributed by atoms with E-state index in [4.69, 9.17) is 5.73 Å². The van der Waals surface area contributed by atoms with Crippen LogP contribution in [0.15, 0.2) is 11.1 Å². The number of anilines is 1. The molecule has 0 saturated heterocycles. The number of sulfonamides is 1. The van der Waals surface area contributed by atoms with E-state index in [2.05, 4.69) is 5.10 Å². The molecule has 0 fully saturated rings. The normalized spacial score (nSPS) is 12.6. The zero-order chi connectivity index (χ0) is 12.5. The lowest BCUT2D eigenvalue weighted by molar-refractivity contribution is 0.417. The Balaban J connectivity index is 3.07. The number of nitrogen functional groups attached to an aromatic ring is 1. The van der Waals surface area contributed by atoms with Crippen molar-refractivity contribution in [3.63, 3.8) is 0 Å². The number of rotatable bonds is 4. The van der Waals surface area contributed by atoms with E-state index in [-0.39, 0.29) is 16.6 Å². The van der Waals surface area contributed by atoms with Crippen LogP contribution in [-0.4, -0.2) is 36.1 Å². The van der Waals surface area contributed by atoms with Crippen LogP contribution in [0.4, 0.5) is 5.82 Å². The first-order chi connectivity index (χ1) is 7.25. The van der Waals surface area contributed by atoms with Gasteiger partial charge in [0.15, 0.2) is 5.82 Å². The highest BCUT2D eigenvalue weighted by Gasteiger charge is 2.25. The highest BCUT2D eigenvalue weighted by atomic mass is 32.2. The number of nitrogens with zero attached hydrogens (tertiary/aromatic N) is 3. The lowest BCUT2D eigenvalue weighted by Crippen LogP contribution is -2.30. The third-order valence-corrected chi connectivity index (χ3v) is 3.97. The quantitative estimate of drug-likeness (QED) is 0.827. The Kier molecular flexibility index (Phi) is 3.59. The highest BCUT2D eigenvalue weighted by Crippen LogP contribution is 2.20. The zero-order valence-electron chi connectivity index (χ0n) is 10.0. The molecular formula is C9H18N4O2S. The maximum Gasteiger partial charge on any atom is 0.248 e. The van der Waals surface area contributed by atoms with E-state index in [1.165, 1.54) is 15.2 Å². The van der Waals surface area contributed by atoms with Gasteiger partial charge < -0.3 is 5.73 Å². The van der Waals surface area contributed by atoms with Gasteiger partial charge in [0.2, 0.25) is 10.0 Å². The molecule has 2 N–H and O–H groups in total. The van der Waals surface area contributed by atoms with E-state index in [9.17, 15) is 8.42 Å². The molecule has 0 atom stereocenters. The van der Waals surface area contributed by atoms with Crippen molar-refractivity contribution >= 4 is 15.8 Å². The Labute approximate surface area is 96.1 Å². The van der Waals surface area contributed by atoms with E-state index < -0.39 is 10.0 Å². The van der Waals surface area contributed by atoms with Crippen LogP contribution in [0, 0.1) is 5.92 Å². The molecule has 0 aliphatic carbocycles. The van der Waals surface area contributed by atoms with Crippen LogP contribution in [0.25, 0.3) is 0 Å². The van der Waals surface area contributed by atoms with Crippen LogP contribution in [-0.2, 0) is 17.1 Å². The number of hydrogen-bond acceptors (Lipinski definition) is 4. The molecule has 0 aliphatic rings. The number of nitrogens with two attached hydrogens (primary N) is 1. The van der Waals surface area contributed by atoms with E-state index in [0.29, 0.717) is 6.54 Å². The summed E-state index contributed by atoms with van der Waals surface area (Å²) in [5.41, 5.74) is 5.56. The molecule has 92 valence electrons. The van der Waals surface area contributed by atoms with Gasteiger partial charge in [0.05, 0.1) is 0 Å². The Hall–Kier alpha value is -1.08. The van der Waals surface area contributed by atoms with E-state index >= 15 is 0 Å². The molecule has 0 bridgehead atoms. The first-order valence-corrected chi connectivity index (χ1v) is 6.44. The van der Waals surface area contributed by atoms with Gasteiger partial charge in [-0.1, -0.05) is 13.8 Å². The molecule has 0 spiro atoms. The van der Waals surface area contributed by atoms with Crippen molar-refractivity contribution in [2.24, 2.45) is 13.0 Å². The topological polar surface area (TPSA) is 81.2 Å². The second kappa shape index (κ2) is 4.42. The van der Waals surface area contributed by atoms with Crippen LogP contribution in [0.1, 0.15) is 13.8 Å². The van der Waals surface area contributed by atoms with E-state index in [1.807, 2.05) is 13.8 Å². The summed E-state index contributed by atoms with van der Waals surface area (Å²) in [7, 11) is -0.339. The van der Waals surface area contributed by atoms with Crippen LogP contribution in [0.2, 0.25) is 0 Å². The van der Waals surface area contributed by atoms with Gasteiger partial charge >= 0.3 is 0 Å². The fourth-order valence-corrected chi connectivity index (χ4v) is 2.88. The van der Waals surface area contributed by atoms with Crippen molar-refractivity contribution < 1.29 is 8.42 Å². The van der Waals surface area contributed by atoms with Gasteiger partial charge in [0.25, 0.3) is 0 Å². The summed E-state index contributed by atoms with van der Waals surface area (Å²) in [5, 5.41) is 3.83. The predicted octanol–water partition coefficient (Wildman–Crippen LogP) is 0.279. The van der Waals surface area contributed by atoms with Crippen molar-refractivity contribution in [3.8, 4) is 0 Å². The van der Waals surface area contributed by atoms with Crippen molar-refractivity contribution in [2.75, 3.05) is 19.3 Å². The van der Waals surface area contributed by atoms with Crippen molar-refractivity contribution in [1.29, 1.82) is 0 Å². The number of hydrogen-bond donors (Lipinski definition) is 1. The second-order valence-electron chi connectivity index (χ2n) is 4.23. The van der Waals surface area contributed by atoms with Gasteiger partial charge in [0.1, 0.15) is 4.90 Å². The molecule has 1 rings (SSSR count). The standard InChI is InChI=1S/C9H18N4O2S/c1-7(2)5-13(4)16(14,15)8-6-12(3)11-9(8)10/h6-7H,5H2,1-4H3,(H2,10,11). The van der Waals surface area contributed by atoms with Crippen molar-refractivity contribution in [3.05, 3.63) is 6.20 Å². The Morgan fingerprint density at radius 1 is 1.56 bits per heavy atom. The minimum Gasteiger partial charge on any atom is -0.381 e. The van der Waals surface area contributed by atoms with Crippen molar-refractivity contribution in [2.45, 2.75) is 18.7 Å². The molecule has 0 radical (unpaired) electrons. The van der Waals surface area contributed by atoms with Gasteiger partial charge in [0, 0.05) is 26.8 Å². The van der Waals surface area contributed by atoms with Gasteiger partial charge in [-0.3, -0.25) is 4.68 Å². The fraction of sp³-hybridized carbons (Fsp3) is 0.667. The van der Waals surface area contributed by atoms with Crippen LogP contribution in [0.5, 0.6) is 0 Å². The Bertz CT molecular complexity index is 464. The average Bonchev–Trinajstić information content (AvgIpc) is 2.44. The second-order valence-corrected chi connectivity index (χ2v) is 6.24. The summed E-state index contributed by atoms with van der Waals surface area (Å²) < 4.78 is 26.9. The summed E-state index contributed by atoms with van der Waals surface area (Å²) in [5.74, 6) is 0.302. The monoisotopic (exact) mass is 246 g/mol. The lowest BCUT2D eigenvalue weighted by atomic mass is 10.2. The molecule has 0 amide bonds. The summed E-state index contributed by atoms with van der Waals surface area (Å²) in [6.45, 7) is 4.37. The molecule has 1 heterocycles. The summed E-state index contributed by atoms with van der Waals surface area (Å²) in [6.07, 6.45) is 1.42. The lowest BCUT2D eigenvalue weighted by Gasteiger charge is -2.18. The largest absolute Gasteiger partial charge is 0.381 e. The molecule has 1 aromatic rings. The van der Waals surface area contributed by atoms with Gasteiger partial charge in [-0.15, -0.1) is 0 Å². The number of aromatic nitrogens is 2. The van der Waals surface area contributed by atoms with Crippen LogP contribution >= 0.6 is 0 Å². The Morgan fingerprint density at radius 2 is 2.12 bits per heavy atom. The average molecular weight is 246 g/mol. The maximum absolute atomic E-state index is 12.1. The molecule has 0 aliphatic heterocycles. The molecule has 0 unspecified atom stereocenters. The summed E-state index contributed by atoms with van der Waals surface area (Å²) in [6, 6.07) is 0. The number of aryl methyl sites for hydroxylation is 1. The predicted molar refractivity (Wildman–Crippen MR) is 62.3 cm³/mol. The first kappa shape index (κ1) is 13.0. The SMILES string of the molecule is CC(C)CN(C)S(=O)(=O)c1cn(C)nc1N. The summed E-state index contributed by atoms with van der Waals surface area (Å²) in [4.78, 5) is 0.0677. The molecule has 0 saturated carbocycles. The third kappa shape index (κ3) is 2.53. The molecule has 0 aromatic carbocycles. The highest BCUT2D eigenvalue weighted by molar-refractivity contribution is 7.89. The molecule has 1 aromatic heterocycles. The fourth-order valence-electron chi connectivity index (χ4n) is 1.46. The van der Waals surface area contributed by atoms with Crippen LogP contribution < -0.4 is 5.73 Å². The van der Waals surface area contributed by atoms with Gasteiger partial charge in [-0.25, -0.2) is 12.7 Å². The van der Waals surface area contributed by atoms with E-state index in [1.54, 1.807) is 14.1 Å². The van der Waals surface area contributed by atoms with Gasteiger partial charge in [-0.2, -0.15) is 5.10 Å². The first-order valence-electron chi connectivity index (χ1n) is 5.00. The van der Waals surface area contributed by atoms with Crippen LogP contribution in [0.3, 0.4) is 0 Å². The smallest absolute Gasteiger partial charge is 0.248 e. The van der Waals surface area contributed by atoms with Gasteiger partial charge in [-0.05, 0) is 5.92 Å². The van der Waals surface area contributed by atoms with Crippen molar-refractivity contribution in [1.82, 2.24) is 14.1 Å². The Morgan fingerprint density at radius 3 is 2.50 bits per heavy atom. The molecule has 6 nitrogen and oxygen atoms in total. The minimum absolute atomic E-state index is 0.0399. The summed E-state index contributed by atoms with van der Waals surface area (Å²) >= 11 is 0. The molecular weight excluding hydrogens is 228 g/mol. The van der Waals surface area contributed by atoms with E-state index in [0.717, 1.165) is 0 Å². The maximum atomic E-state index is 12.1. The minimum atomic E-state index is -3.52.